The number of fused-ring (bicyclic) bond motifs is 1. The molecule has 130 valence electrons. The minimum absolute atomic E-state index is 0.199. The Labute approximate surface area is 145 Å². The maximum absolute atomic E-state index is 13.0. The molecule has 0 spiro atoms. The number of aromatic amines is 1. The number of nitrogens with one attached hydrogen (secondary N) is 1. The standard InChI is InChI=1S/C19H20FN3O2/c20-14-4-6-15(7-5-14)22-8-10-23(11-9-22)19(25)16-12-13-2-1-3-17(13)21-18(16)24/h4-7,12H,1-3,8-11H2,(H,21,24). The number of piperazine rings is 1. The Morgan fingerprint density at radius 1 is 1.04 bits per heavy atom. The van der Waals surface area contributed by atoms with Gasteiger partial charge in [0.25, 0.3) is 11.5 Å². The fourth-order valence-corrected chi connectivity index (χ4v) is 3.66. The number of pyridine rings is 1. The predicted octanol–water partition coefficient (Wildman–Crippen LogP) is 1.97. The summed E-state index contributed by atoms with van der Waals surface area (Å²) < 4.78 is 13.0. The number of amides is 1. The van der Waals surface area contributed by atoms with Crippen LogP contribution in [0.2, 0.25) is 0 Å². The SMILES string of the molecule is O=C(c1cc2c([nH]c1=O)CCC2)N1CCN(c2ccc(F)cc2)CC1. The summed E-state index contributed by atoms with van der Waals surface area (Å²) in [4.78, 5) is 31.7. The summed E-state index contributed by atoms with van der Waals surface area (Å²) in [5.41, 5.74) is 2.97. The van der Waals surface area contributed by atoms with Gasteiger partial charge in [-0.05, 0) is 55.2 Å². The normalized spacial score (nSPS) is 16.8. The summed E-state index contributed by atoms with van der Waals surface area (Å²) in [5, 5.41) is 0. The Balaban J connectivity index is 1.46. The van der Waals surface area contributed by atoms with Crippen molar-refractivity contribution in [3.8, 4) is 0 Å². The Hall–Kier alpha value is -2.63. The molecule has 1 N–H and O–H groups in total. The highest BCUT2D eigenvalue weighted by atomic mass is 19.1. The quantitative estimate of drug-likeness (QED) is 0.909. The highest BCUT2D eigenvalue weighted by molar-refractivity contribution is 5.94. The van der Waals surface area contributed by atoms with Gasteiger partial charge in [0.2, 0.25) is 0 Å². The van der Waals surface area contributed by atoms with Gasteiger partial charge in [-0.3, -0.25) is 9.59 Å². The van der Waals surface area contributed by atoms with E-state index in [0.717, 1.165) is 36.2 Å². The number of nitrogens with zero attached hydrogens (tertiary/aromatic N) is 2. The number of H-pyrrole nitrogens is 1. The second-order valence-corrected chi connectivity index (χ2v) is 6.63. The fraction of sp³-hybridized carbons (Fsp3) is 0.368. The molecule has 2 aliphatic rings. The van der Waals surface area contributed by atoms with Crippen LogP contribution in [0.4, 0.5) is 10.1 Å². The minimum atomic E-state index is -0.286. The number of halogens is 1. The van der Waals surface area contributed by atoms with Crippen molar-refractivity contribution < 1.29 is 9.18 Å². The molecule has 6 heteroatoms. The zero-order valence-corrected chi connectivity index (χ0v) is 13.9. The van der Waals surface area contributed by atoms with Gasteiger partial charge in [-0.2, -0.15) is 0 Å². The predicted molar refractivity (Wildman–Crippen MR) is 93.6 cm³/mol. The van der Waals surface area contributed by atoms with Crippen molar-refractivity contribution >= 4 is 11.6 Å². The van der Waals surface area contributed by atoms with E-state index < -0.39 is 0 Å². The number of hydrogen-bond donors (Lipinski definition) is 1. The molecular weight excluding hydrogens is 321 g/mol. The van der Waals surface area contributed by atoms with Crippen molar-refractivity contribution in [1.82, 2.24) is 9.88 Å². The third-order valence-electron chi connectivity index (χ3n) is 5.08. The molecule has 1 fully saturated rings. The number of aromatic nitrogens is 1. The van der Waals surface area contributed by atoms with E-state index in [1.165, 1.54) is 12.1 Å². The van der Waals surface area contributed by atoms with Crippen LogP contribution in [0.5, 0.6) is 0 Å². The molecule has 1 amide bonds. The molecule has 2 heterocycles. The molecule has 1 aromatic carbocycles. The van der Waals surface area contributed by atoms with Gasteiger partial charge in [0.1, 0.15) is 11.4 Å². The van der Waals surface area contributed by atoms with E-state index in [1.807, 2.05) is 0 Å². The summed E-state index contributed by atoms with van der Waals surface area (Å²) in [5.74, 6) is -0.455. The van der Waals surface area contributed by atoms with Crippen molar-refractivity contribution in [3.63, 3.8) is 0 Å². The molecule has 1 aromatic heterocycles. The van der Waals surface area contributed by atoms with Crippen LogP contribution < -0.4 is 10.5 Å². The van der Waals surface area contributed by atoms with Crippen molar-refractivity contribution in [3.05, 3.63) is 63.3 Å². The van der Waals surface area contributed by atoms with E-state index >= 15 is 0 Å². The lowest BCUT2D eigenvalue weighted by atomic mass is 10.1. The summed E-state index contributed by atoms with van der Waals surface area (Å²) >= 11 is 0. The van der Waals surface area contributed by atoms with Crippen LogP contribution in [0, 0.1) is 5.82 Å². The minimum Gasteiger partial charge on any atom is -0.368 e. The molecule has 0 bridgehead atoms. The van der Waals surface area contributed by atoms with Crippen LogP contribution in [-0.2, 0) is 12.8 Å². The van der Waals surface area contributed by atoms with Gasteiger partial charge in [0.15, 0.2) is 0 Å². The van der Waals surface area contributed by atoms with E-state index in [-0.39, 0.29) is 22.8 Å². The average molecular weight is 341 g/mol. The number of hydrogen-bond acceptors (Lipinski definition) is 3. The van der Waals surface area contributed by atoms with Crippen LogP contribution in [0.1, 0.15) is 28.0 Å². The summed E-state index contributed by atoms with van der Waals surface area (Å²) in [6.07, 6.45) is 2.83. The van der Waals surface area contributed by atoms with Gasteiger partial charge >= 0.3 is 0 Å². The van der Waals surface area contributed by atoms with Crippen LogP contribution in [-0.4, -0.2) is 42.0 Å². The molecule has 0 saturated carbocycles. The van der Waals surface area contributed by atoms with Gasteiger partial charge < -0.3 is 14.8 Å². The average Bonchev–Trinajstić information content (AvgIpc) is 3.08. The molecule has 0 radical (unpaired) electrons. The van der Waals surface area contributed by atoms with E-state index in [2.05, 4.69) is 9.88 Å². The number of carbonyl (C=O) groups is 1. The largest absolute Gasteiger partial charge is 0.368 e. The first kappa shape index (κ1) is 15.9. The zero-order chi connectivity index (χ0) is 17.4. The molecule has 4 rings (SSSR count). The first-order valence-electron chi connectivity index (χ1n) is 8.67. The van der Waals surface area contributed by atoms with Crippen molar-refractivity contribution in [1.29, 1.82) is 0 Å². The fourth-order valence-electron chi connectivity index (χ4n) is 3.66. The van der Waals surface area contributed by atoms with Gasteiger partial charge in [-0.25, -0.2) is 4.39 Å². The molecule has 1 saturated heterocycles. The lowest BCUT2D eigenvalue weighted by Crippen LogP contribution is -2.49. The Kier molecular flexibility index (Phi) is 4.03. The van der Waals surface area contributed by atoms with Crippen molar-refractivity contribution in [2.45, 2.75) is 19.3 Å². The number of benzene rings is 1. The molecule has 0 atom stereocenters. The molecular formula is C19H20FN3O2. The maximum atomic E-state index is 13.0. The molecule has 5 nitrogen and oxygen atoms in total. The van der Waals surface area contributed by atoms with Crippen LogP contribution >= 0.6 is 0 Å². The van der Waals surface area contributed by atoms with Crippen molar-refractivity contribution in [2.24, 2.45) is 0 Å². The Bertz CT molecular complexity index is 852. The number of carbonyl (C=O) groups excluding carboxylic acids is 1. The smallest absolute Gasteiger partial charge is 0.261 e. The van der Waals surface area contributed by atoms with E-state index in [4.69, 9.17) is 0 Å². The molecule has 1 aliphatic carbocycles. The van der Waals surface area contributed by atoms with Gasteiger partial charge in [0.05, 0.1) is 0 Å². The first-order valence-corrected chi connectivity index (χ1v) is 8.67. The third-order valence-corrected chi connectivity index (χ3v) is 5.08. The third kappa shape index (κ3) is 3.04. The number of aryl methyl sites for hydroxylation is 2. The Morgan fingerprint density at radius 3 is 2.48 bits per heavy atom. The second-order valence-electron chi connectivity index (χ2n) is 6.63. The topological polar surface area (TPSA) is 56.4 Å². The first-order chi connectivity index (χ1) is 12.1. The van der Waals surface area contributed by atoms with Gasteiger partial charge in [-0.1, -0.05) is 0 Å². The second kappa shape index (κ2) is 6.35. The molecule has 2 aromatic rings. The molecule has 0 unspecified atom stereocenters. The molecule has 25 heavy (non-hydrogen) atoms. The van der Waals surface area contributed by atoms with Crippen LogP contribution in [0.25, 0.3) is 0 Å². The van der Waals surface area contributed by atoms with Gasteiger partial charge in [-0.15, -0.1) is 0 Å². The van der Waals surface area contributed by atoms with E-state index in [9.17, 15) is 14.0 Å². The van der Waals surface area contributed by atoms with Crippen molar-refractivity contribution in [2.75, 3.05) is 31.1 Å². The summed E-state index contributed by atoms with van der Waals surface area (Å²) in [6, 6.07) is 8.15. The van der Waals surface area contributed by atoms with E-state index in [0.29, 0.717) is 26.2 Å². The van der Waals surface area contributed by atoms with Crippen LogP contribution in [0.3, 0.4) is 0 Å². The number of rotatable bonds is 2. The maximum Gasteiger partial charge on any atom is 0.261 e. The lowest BCUT2D eigenvalue weighted by Gasteiger charge is -2.36. The van der Waals surface area contributed by atoms with E-state index in [1.54, 1.807) is 23.1 Å². The van der Waals surface area contributed by atoms with Crippen LogP contribution in [0.15, 0.2) is 35.1 Å². The van der Waals surface area contributed by atoms with Gasteiger partial charge in [0, 0.05) is 37.6 Å². The lowest BCUT2D eigenvalue weighted by molar-refractivity contribution is 0.0745. The zero-order valence-electron chi connectivity index (χ0n) is 13.9. The summed E-state index contributed by atoms with van der Waals surface area (Å²) in [7, 11) is 0. The highest BCUT2D eigenvalue weighted by Gasteiger charge is 2.25. The Morgan fingerprint density at radius 2 is 1.76 bits per heavy atom. The number of anilines is 1. The molecule has 1 aliphatic heterocycles. The summed E-state index contributed by atoms with van der Waals surface area (Å²) in [6.45, 7) is 2.43. The monoisotopic (exact) mass is 341 g/mol. The highest BCUT2D eigenvalue weighted by Crippen LogP contribution is 2.20.